The summed E-state index contributed by atoms with van der Waals surface area (Å²) in [6.45, 7) is 6.34. The molecular formula is C13H27ClN2O. The Morgan fingerprint density at radius 2 is 2.06 bits per heavy atom. The third kappa shape index (κ3) is 5.73. The second-order valence-electron chi connectivity index (χ2n) is 5.14. The van der Waals surface area contributed by atoms with Gasteiger partial charge in [-0.25, -0.2) is 0 Å². The number of amides is 1. The summed E-state index contributed by atoms with van der Waals surface area (Å²) < 4.78 is 0. The number of nitrogens with one attached hydrogen (secondary N) is 1. The first-order valence-electron chi connectivity index (χ1n) is 6.59. The predicted octanol–water partition coefficient (Wildman–Crippen LogP) is 2.44. The average Bonchev–Trinajstić information content (AvgIpc) is 2.41. The van der Waals surface area contributed by atoms with E-state index in [2.05, 4.69) is 24.1 Å². The summed E-state index contributed by atoms with van der Waals surface area (Å²) in [6, 6.07) is 0.437. The molecule has 0 aliphatic carbocycles. The number of halogens is 1. The van der Waals surface area contributed by atoms with Crippen LogP contribution in [0, 0.1) is 5.92 Å². The number of hydrogen-bond donors (Lipinski definition) is 1. The Morgan fingerprint density at radius 3 is 2.71 bits per heavy atom. The maximum Gasteiger partial charge on any atom is 0.222 e. The number of likely N-dealkylation sites (tertiary alicyclic amines) is 1. The maximum absolute atomic E-state index is 12.1. The molecule has 1 aliphatic rings. The molecule has 0 spiro atoms. The number of rotatable bonds is 4. The minimum absolute atomic E-state index is 0. The Morgan fingerprint density at radius 1 is 1.35 bits per heavy atom. The topological polar surface area (TPSA) is 32.3 Å². The zero-order valence-electron chi connectivity index (χ0n) is 11.4. The van der Waals surface area contributed by atoms with Crippen LogP contribution in [0.2, 0.25) is 0 Å². The lowest BCUT2D eigenvalue weighted by atomic mass is 10.1. The van der Waals surface area contributed by atoms with Crippen molar-refractivity contribution in [1.82, 2.24) is 10.2 Å². The standard InChI is InChI=1S/C13H26N2O.ClH/c1-11-6-4-7-12(2)15(10-11)13(16)8-5-9-14-3;/h11-12,14H,4-10H2,1-3H3;1H. The zero-order valence-corrected chi connectivity index (χ0v) is 12.2. The highest BCUT2D eigenvalue weighted by Gasteiger charge is 2.24. The number of carbonyl (C=O) groups is 1. The summed E-state index contributed by atoms with van der Waals surface area (Å²) in [7, 11) is 1.93. The molecule has 102 valence electrons. The molecular weight excluding hydrogens is 236 g/mol. The summed E-state index contributed by atoms with van der Waals surface area (Å²) >= 11 is 0. The SMILES string of the molecule is CNCCCC(=O)N1CC(C)CCCC1C.Cl. The van der Waals surface area contributed by atoms with Crippen molar-refractivity contribution in [2.45, 2.75) is 52.0 Å². The fraction of sp³-hybridized carbons (Fsp3) is 0.923. The van der Waals surface area contributed by atoms with Gasteiger partial charge in [0.1, 0.15) is 0 Å². The van der Waals surface area contributed by atoms with E-state index < -0.39 is 0 Å². The molecule has 0 aromatic heterocycles. The van der Waals surface area contributed by atoms with E-state index >= 15 is 0 Å². The number of carbonyl (C=O) groups excluding carboxylic acids is 1. The quantitative estimate of drug-likeness (QED) is 0.790. The minimum Gasteiger partial charge on any atom is -0.340 e. The molecule has 1 amide bonds. The number of hydrogen-bond acceptors (Lipinski definition) is 2. The van der Waals surface area contributed by atoms with E-state index in [0.29, 0.717) is 24.3 Å². The van der Waals surface area contributed by atoms with Crippen LogP contribution >= 0.6 is 12.4 Å². The van der Waals surface area contributed by atoms with Crippen LogP contribution in [0.5, 0.6) is 0 Å². The van der Waals surface area contributed by atoms with E-state index in [4.69, 9.17) is 0 Å². The molecule has 1 aliphatic heterocycles. The summed E-state index contributed by atoms with van der Waals surface area (Å²) in [6.07, 6.45) is 5.35. The van der Waals surface area contributed by atoms with Gasteiger partial charge in [-0.15, -0.1) is 12.4 Å². The van der Waals surface area contributed by atoms with Gasteiger partial charge in [0.2, 0.25) is 5.91 Å². The molecule has 1 fully saturated rings. The largest absolute Gasteiger partial charge is 0.340 e. The van der Waals surface area contributed by atoms with Crippen molar-refractivity contribution in [2.24, 2.45) is 5.92 Å². The average molecular weight is 263 g/mol. The molecule has 0 aromatic carbocycles. The van der Waals surface area contributed by atoms with E-state index in [-0.39, 0.29) is 12.4 Å². The molecule has 1 N–H and O–H groups in total. The van der Waals surface area contributed by atoms with E-state index in [0.717, 1.165) is 19.5 Å². The molecule has 0 aromatic rings. The second kappa shape index (κ2) is 8.76. The molecule has 4 heteroatoms. The first-order valence-corrected chi connectivity index (χ1v) is 6.59. The van der Waals surface area contributed by atoms with Crippen LogP contribution in [-0.4, -0.2) is 37.0 Å². The van der Waals surface area contributed by atoms with Gasteiger partial charge in [-0.1, -0.05) is 13.3 Å². The fourth-order valence-electron chi connectivity index (χ4n) is 2.43. The third-order valence-electron chi connectivity index (χ3n) is 3.50. The monoisotopic (exact) mass is 262 g/mol. The second-order valence-corrected chi connectivity index (χ2v) is 5.14. The van der Waals surface area contributed by atoms with Gasteiger partial charge >= 0.3 is 0 Å². The Bertz CT molecular complexity index is 223. The lowest BCUT2D eigenvalue weighted by Gasteiger charge is -2.28. The number of nitrogens with zero attached hydrogens (tertiary/aromatic N) is 1. The van der Waals surface area contributed by atoms with Gasteiger partial charge < -0.3 is 10.2 Å². The minimum atomic E-state index is 0. The van der Waals surface area contributed by atoms with Crippen LogP contribution in [0.25, 0.3) is 0 Å². The van der Waals surface area contributed by atoms with Gasteiger partial charge in [0.25, 0.3) is 0 Å². The lowest BCUT2D eigenvalue weighted by Crippen LogP contribution is -2.39. The Hall–Kier alpha value is -0.280. The van der Waals surface area contributed by atoms with Crippen molar-refractivity contribution >= 4 is 18.3 Å². The molecule has 1 saturated heterocycles. The van der Waals surface area contributed by atoms with E-state index in [1.165, 1.54) is 19.3 Å². The smallest absolute Gasteiger partial charge is 0.222 e. The maximum atomic E-state index is 12.1. The molecule has 1 heterocycles. The van der Waals surface area contributed by atoms with Crippen molar-refractivity contribution in [3.63, 3.8) is 0 Å². The van der Waals surface area contributed by atoms with Crippen LogP contribution in [0.15, 0.2) is 0 Å². The van der Waals surface area contributed by atoms with Gasteiger partial charge in [-0.3, -0.25) is 4.79 Å². The van der Waals surface area contributed by atoms with Gasteiger partial charge in [-0.05, 0) is 45.7 Å². The van der Waals surface area contributed by atoms with E-state index in [9.17, 15) is 4.79 Å². The van der Waals surface area contributed by atoms with Crippen molar-refractivity contribution < 1.29 is 4.79 Å². The van der Waals surface area contributed by atoms with Crippen LogP contribution in [0.1, 0.15) is 46.0 Å². The third-order valence-corrected chi connectivity index (χ3v) is 3.50. The van der Waals surface area contributed by atoms with Gasteiger partial charge in [0.15, 0.2) is 0 Å². The van der Waals surface area contributed by atoms with E-state index in [1.807, 2.05) is 7.05 Å². The molecule has 2 atom stereocenters. The first-order chi connectivity index (χ1) is 7.65. The predicted molar refractivity (Wildman–Crippen MR) is 74.6 cm³/mol. The molecule has 3 nitrogen and oxygen atoms in total. The summed E-state index contributed by atoms with van der Waals surface area (Å²) in [5, 5.41) is 3.09. The highest BCUT2D eigenvalue weighted by Crippen LogP contribution is 2.21. The van der Waals surface area contributed by atoms with Crippen LogP contribution < -0.4 is 5.32 Å². The molecule has 17 heavy (non-hydrogen) atoms. The summed E-state index contributed by atoms with van der Waals surface area (Å²) in [4.78, 5) is 14.2. The van der Waals surface area contributed by atoms with Crippen molar-refractivity contribution in [2.75, 3.05) is 20.1 Å². The van der Waals surface area contributed by atoms with Crippen molar-refractivity contribution in [3.05, 3.63) is 0 Å². The summed E-state index contributed by atoms with van der Waals surface area (Å²) in [5.41, 5.74) is 0. The van der Waals surface area contributed by atoms with Crippen LogP contribution in [-0.2, 0) is 4.79 Å². The highest BCUT2D eigenvalue weighted by molar-refractivity contribution is 5.85. The molecule has 0 radical (unpaired) electrons. The fourth-order valence-corrected chi connectivity index (χ4v) is 2.43. The summed E-state index contributed by atoms with van der Waals surface area (Å²) in [5.74, 6) is 1.01. The van der Waals surface area contributed by atoms with Crippen molar-refractivity contribution in [3.8, 4) is 0 Å². The lowest BCUT2D eigenvalue weighted by molar-refractivity contribution is -0.133. The van der Waals surface area contributed by atoms with Gasteiger partial charge in [0.05, 0.1) is 0 Å². The molecule has 0 bridgehead atoms. The molecule has 1 rings (SSSR count). The Kier molecular flexibility index (Phi) is 8.61. The van der Waals surface area contributed by atoms with Crippen LogP contribution in [0.3, 0.4) is 0 Å². The molecule has 2 unspecified atom stereocenters. The van der Waals surface area contributed by atoms with Gasteiger partial charge in [0, 0.05) is 19.0 Å². The zero-order chi connectivity index (χ0) is 12.0. The highest BCUT2D eigenvalue weighted by atomic mass is 35.5. The normalized spacial score (nSPS) is 25.0. The Balaban J connectivity index is 0.00000256. The first kappa shape index (κ1) is 16.7. The Labute approximate surface area is 112 Å². The van der Waals surface area contributed by atoms with Gasteiger partial charge in [-0.2, -0.15) is 0 Å². The van der Waals surface area contributed by atoms with Crippen LogP contribution in [0.4, 0.5) is 0 Å². The molecule has 0 saturated carbocycles. The van der Waals surface area contributed by atoms with Crippen molar-refractivity contribution in [1.29, 1.82) is 0 Å². The van der Waals surface area contributed by atoms with E-state index in [1.54, 1.807) is 0 Å².